The zero-order valence-corrected chi connectivity index (χ0v) is 14.8. The Balaban J connectivity index is 1.53. The van der Waals surface area contributed by atoms with Gasteiger partial charge in [-0.3, -0.25) is 5.43 Å². The predicted octanol–water partition coefficient (Wildman–Crippen LogP) is 5.42. The van der Waals surface area contributed by atoms with E-state index < -0.39 is 0 Å². The molecule has 2 fully saturated rings. The number of thiazole rings is 1. The lowest BCUT2D eigenvalue weighted by molar-refractivity contribution is 0.194. The molecule has 4 rings (SSSR count). The summed E-state index contributed by atoms with van der Waals surface area (Å²) in [7, 11) is 0. The van der Waals surface area contributed by atoms with E-state index in [1.165, 1.54) is 18.6 Å². The highest BCUT2D eigenvalue weighted by atomic mass is 32.1. The number of hydrogen-bond acceptors (Lipinski definition) is 4. The molecule has 120 valence electrons. The van der Waals surface area contributed by atoms with Crippen LogP contribution in [0.4, 0.5) is 5.13 Å². The molecule has 1 N–H and O–H groups in total. The summed E-state index contributed by atoms with van der Waals surface area (Å²) in [6.45, 7) is 7.20. The molecule has 23 heavy (non-hydrogen) atoms. The van der Waals surface area contributed by atoms with E-state index in [1.54, 1.807) is 11.3 Å². The van der Waals surface area contributed by atoms with Crippen LogP contribution in [0, 0.1) is 16.7 Å². The molecule has 0 amide bonds. The highest BCUT2D eigenvalue weighted by Crippen LogP contribution is 2.63. The first-order valence-corrected chi connectivity index (χ1v) is 9.23. The summed E-state index contributed by atoms with van der Waals surface area (Å²) in [5, 5.41) is 7.73. The summed E-state index contributed by atoms with van der Waals surface area (Å²) in [5.41, 5.74) is 7.32. The molecular formula is C19H23N3S. The average Bonchev–Trinajstić information content (AvgIpc) is 3.16. The van der Waals surface area contributed by atoms with Gasteiger partial charge >= 0.3 is 0 Å². The standard InChI is InChI=1S/C19H23N3S/c1-18(2)14-9-10-19(18,3)16(11-14)21-22-17-20-15(12-23-17)13-7-5-4-6-8-13/h4-8,12,14H,9-11H2,1-3H3,(H,20,22)/b21-16-/t14-,19-/m0/s1. The first-order chi connectivity index (χ1) is 11.0. The molecule has 4 heteroatoms. The fourth-order valence-corrected chi connectivity index (χ4v) is 4.94. The maximum Gasteiger partial charge on any atom is 0.203 e. The summed E-state index contributed by atoms with van der Waals surface area (Å²) >= 11 is 1.62. The summed E-state index contributed by atoms with van der Waals surface area (Å²) in [6.07, 6.45) is 3.74. The molecule has 1 aromatic heterocycles. The molecule has 0 saturated heterocycles. The van der Waals surface area contributed by atoms with Gasteiger partial charge in [0.25, 0.3) is 0 Å². The largest absolute Gasteiger partial charge is 0.253 e. The van der Waals surface area contributed by atoms with Gasteiger partial charge < -0.3 is 0 Å². The van der Waals surface area contributed by atoms with Crippen molar-refractivity contribution in [1.82, 2.24) is 4.98 Å². The van der Waals surface area contributed by atoms with Gasteiger partial charge in [0.05, 0.1) is 5.69 Å². The van der Waals surface area contributed by atoms with Gasteiger partial charge in [-0.2, -0.15) is 5.10 Å². The maximum atomic E-state index is 4.77. The fourth-order valence-electron chi connectivity index (χ4n) is 4.28. The molecule has 2 saturated carbocycles. The minimum Gasteiger partial charge on any atom is -0.253 e. The summed E-state index contributed by atoms with van der Waals surface area (Å²) in [6, 6.07) is 10.3. The average molecular weight is 325 g/mol. The number of fused-ring (bicyclic) bond motifs is 2. The van der Waals surface area contributed by atoms with Crippen LogP contribution in [0.15, 0.2) is 40.8 Å². The van der Waals surface area contributed by atoms with E-state index in [0.717, 1.165) is 28.7 Å². The molecule has 3 nitrogen and oxygen atoms in total. The van der Waals surface area contributed by atoms with Crippen LogP contribution in [0.25, 0.3) is 11.3 Å². The van der Waals surface area contributed by atoms with Crippen LogP contribution in [-0.2, 0) is 0 Å². The van der Waals surface area contributed by atoms with Crippen molar-refractivity contribution < 1.29 is 0 Å². The van der Waals surface area contributed by atoms with E-state index in [4.69, 9.17) is 5.10 Å². The topological polar surface area (TPSA) is 37.3 Å². The molecule has 2 bridgehead atoms. The van der Waals surface area contributed by atoms with Crippen LogP contribution in [-0.4, -0.2) is 10.7 Å². The van der Waals surface area contributed by atoms with Crippen LogP contribution in [0.1, 0.15) is 40.0 Å². The van der Waals surface area contributed by atoms with E-state index in [-0.39, 0.29) is 5.41 Å². The number of rotatable bonds is 3. The SMILES string of the molecule is CC1(C)[C@H]2CC[C@@]1(C)/C(=N\Nc1nc(-c3ccccc3)cs1)C2. The second-order valence-electron chi connectivity index (χ2n) is 7.57. The van der Waals surface area contributed by atoms with Crippen LogP contribution in [0.2, 0.25) is 0 Å². The third kappa shape index (κ3) is 2.23. The van der Waals surface area contributed by atoms with Crippen molar-refractivity contribution in [2.75, 3.05) is 5.43 Å². The highest BCUT2D eigenvalue weighted by Gasteiger charge is 2.59. The van der Waals surface area contributed by atoms with E-state index in [9.17, 15) is 0 Å². The van der Waals surface area contributed by atoms with Crippen LogP contribution in [0.5, 0.6) is 0 Å². The van der Waals surface area contributed by atoms with Crippen molar-refractivity contribution in [1.29, 1.82) is 0 Å². The minimum absolute atomic E-state index is 0.240. The predicted molar refractivity (Wildman–Crippen MR) is 97.8 cm³/mol. The molecule has 0 spiro atoms. The quantitative estimate of drug-likeness (QED) is 0.765. The lowest BCUT2D eigenvalue weighted by atomic mass is 9.70. The van der Waals surface area contributed by atoms with E-state index in [2.05, 4.69) is 48.7 Å². The zero-order valence-electron chi connectivity index (χ0n) is 14.0. The molecule has 2 aromatic rings. The number of aromatic nitrogens is 1. The Kier molecular flexibility index (Phi) is 3.34. The van der Waals surface area contributed by atoms with Crippen molar-refractivity contribution in [3.05, 3.63) is 35.7 Å². The van der Waals surface area contributed by atoms with Gasteiger partial charge in [0.15, 0.2) is 0 Å². The Bertz CT molecular complexity index is 747. The third-order valence-electron chi connectivity index (χ3n) is 6.37. The van der Waals surface area contributed by atoms with Crippen molar-refractivity contribution in [3.63, 3.8) is 0 Å². The lowest BCUT2D eigenvalue weighted by Crippen LogP contribution is -2.32. The fraction of sp³-hybridized carbons (Fsp3) is 0.474. The number of anilines is 1. The molecule has 2 atom stereocenters. The van der Waals surface area contributed by atoms with Crippen LogP contribution < -0.4 is 5.43 Å². The Morgan fingerprint density at radius 3 is 2.65 bits per heavy atom. The van der Waals surface area contributed by atoms with Gasteiger partial charge in [0.2, 0.25) is 5.13 Å². The normalized spacial score (nSPS) is 30.0. The molecule has 0 unspecified atom stereocenters. The molecule has 1 heterocycles. The highest BCUT2D eigenvalue weighted by molar-refractivity contribution is 7.14. The molecule has 0 aliphatic heterocycles. The smallest absolute Gasteiger partial charge is 0.203 e. The Labute approximate surface area is 141 Å². The number of nitrogens with zero attached hydrogens (tertiary/aromatic N) is 2. The second kappa shape index (κ2) is 5.17. The van der Waals surface area contributed by atoms with Crippen molar-refractivity contribution >= 4 is 22.2 Å². The van der Waals surface area contributed by atoms with Crippen LogP contribution in [0.3, 0.4) is 0 Å². The summed E-state index contributed by atoms with van der Waals surface area (Å²) < 4.78 is 0. The second-order valence-corrected chi connectivity index (χ2v) is 8.43. The van der Waals surface area contributed by atoms with Crippen LogP contribution >= 0.6 is 11.3 Å². The van der Waals surface area contributed by atoms with E-state index in [1.807, 2.05) is 18.2 Å². The van der Waals surface area contributed by atoms with E-state index >= 15 is 0 Å². The number of nitrogens with one attached hydrogen (secondary N) is 1. The number of hydrazone groups is 1. The van der Waals surface area contributed by atoms with Gasteiger partial charge in [-0.1, -0.05) is 51.1 Å². The maximum absolute atomic E-state index is 4.77. The Morgan fingerprint density at radius 1 is 1.22 bits per heavy atom. The number of hydrogen-bond donors (Lipinski definition) is 1. The van der Waals surface area contributed by atoms with Gasteiger partial charge in [0.1, 0.15) is 0 Å². The van der Waals surface area contributed by atoms with Gasteiger partial charge in [-0.05, 0) is 30.6 Å². The lowest BCUT2D eigenvalue weighted by Gasteiger charge is -2.34. The summed E-state index contributed by atoms with van der Waals surface area (Å²) in [4.78, 5) is 4.66. The van der Waals surface area contributed by atoms with Crippen molar-refractivity contribution in [2.24, 2.45) is 21.8 Å². The summed E-state index contributed by atoms with van der Waals surface area (Å²) in [5.74, 6) is 0.782. The van der Waals surface area contributed by atoms with Gasteiger partial charge in [0, 0.05) is 22.1 Å². The molecule has 1 aromatic carbocycles. The molecule has 2 aliphatic rings. The first-order valence-electron chi connectivity index (χ1n) is 8.35. The number of benzene rings is 1. The zero-order chi connectivity index (χ0) is 16.1. The third-order valence-corrected chi connectivity index (χ3v) is 7.12. The van der Waals surface area contributed by atoms with Gasteiger partial charge in [-0.25, -0.2) is 4.98 Å². The minimum atomic E-state index is 0.240. The molecule has 0 radical (unpaired) electrons. The van der Waals surface area contributed by atoms with Gasteiger partial charge in [-0.15, -0.1) is 11.3 Å². The Morgan fingerprint density at radius 2 is 2.00 bits per heavy atom. The first kappa shape index (κ1) is 14.9. The molecule has 2 aliphatic carbocycles. The Hall–Kier alpha value is -1.68. The molecular weight excluding hydrogens is 302 g/mol. The van der Waals surface area contributed by atoms with Crippen molar-refractivity contribution in [3.8, 4) is 11.3 Å². The monoisotopic (exact) mass is 325 g/mol. The van der Waals surface area contributed by atoms with E-state index in [0.29, 0.717) is 5.41 Å². The van der Waals surface area contributed by atoms with Crippen molar-refractivity contribution in [2.45, 2.75) is 40.0 Å².